The van der Waals surface area contributed by atoms with Gasteiger partial charge in [0.1, 0.15) is 0 Å². The molecular weight excluding hydrogens is 290 g/mol. The summed E-state index contributed by atoms with van der Waals surface area (Å²) in [5, 5.41) is 11.9. The second-order valence-corrected chi connectivity index (χ2v) is 5.40. The van der Waals surface area contributed by atoms with E-state index in [1.54, 1.807) is 6.07 Å². The Morgan fingerprint density at radius 3 is 2.47 bits per heavy atom. The highest BCUT2D eigenvalue weighted by Crippen LogP contribution is 2.31. The predicted molar refractivity (Wildman–Crippen MR) is 65.1 cm³/mol. The lowest BCUT2D eigenvalue weighted by Gasteiger charge is -2.28. The third kappa shape index (κ3) is 4.16. The second kappa shape index (κ2) is 5.68. The van der Waals surface area contributed by atoms with Crippen LogP contribution in [0.1, 0.15) is 0 Å². The van der Waals surface area contributed by atoms with Crippen molar-refractivity contribution in [1.29, 1.82) is 0 Å². The van der Waals surface area contributed by atoms with E-state index in [0.29, 0.717) is 0 Å². The highest BCUT2D eigenvalue weighted by atomic mass is 35.6. The number of rotatable bonds is 2. The monoisotopic (exact) mass is 298 g/mol. The maximum atomic E-state index is 11.6. The molecule has 94 valence electrons. The minimum absolute atomic E-state index is 0.0841. The van der Waals surface area contributed by atoms with E-state index in [1.807, 2.05) is 0 Å². The fourth-order valence-electron chi connectivity index (χ4n) is 0.878. The number of carbonyl (C=O) groups is 1. The van der Waals surface area contributed by atoms with Gasteiger partial charge in [-0.1, -0.05) is 34.8 Å². The summed E-state index contributed by atoms with van der Waals surface area (Å²) >= 11 is 16.4. The fourth-order valence-corrected chi connectivity index (χ4v) is 1.32. The van der Waals surface area contributed by atoms with Crippen molar-refractivity contribution in [2.75, 3.05) is 12.4 Å². The maximum absolute atomic E-state index is 11.6. The molecule has 1 rings (SSSR count). The largest absolute Gasteiger partial charge is 0.369 e. The first-order chi connectivity index (χ1) is 7.82. The zero-order valence-electron chi connectivity index (χ0n) is 8.64. The van der Waals surface area contributed by atoms with Gasteiger partial charge >= 0.3 is 6.03 Å². The molecule has 0 fully saturated rings. The van der Waals surface area contributed by atoms with E-state index in [4.69, 9.17) is 34.8 Å². The van der Waals surface area contributed by atoms with Crippen molar-refractivity contribution in [3.8, 4) is 0 Å². The molecule has 0 aliphatic rings. The number of hydrogen-bond acceptors (Lipinski definition) is 4. The molecule has 0 saturated carbocycles. The molecule has 0 aromatic carbocycles. The van der Waals surface area contributed by atoms with E-state index in [2.05, 4.69) is 15.3 Å². The number of aliphatic hydroxyl groups excluding tert-OH is 1. The first kappa shape index (κ1) is 14.2. The van der Waals surface area contributed by atoms with Crippen molar-refractivity contribution >= 4 is 46.8 Å². The summed E-state index contributed by atoms with van der Waals surface area (Å²) in [6.07, 6.45) is 1.32. The molecule has 2 amide bonds. The Morgan fingerprint density at radius 1 is 1.47 bits per heavy atom. The minimum Gasteiger partial charge on any atom is -0.369 e. The average molecular weight is 300 g/mol. The molecule has 1 heterocycles. The normalized spacial score (nSPS) is 13.0. The van der Waals surface area contributed by atoms with Crippen LogP contribution in [-0.4, -0.2) is 43.1 Å². The molecular formula is C8H9Cl3N4O2. The van der Waals surface area contributed by atoms with E-state index >= 15 is 0 Å². The summed E-state index contributed by atoms with van der Waals surface area (Å²) in [4.78, 5) is 20.0. The van der Waals surface area contributed by atoms with Gasteiger partial charge < -0.3 is 5.11 Å². The molecule has 0 saturated heterocycles. The van der Waals surface area contributed by atoms with Crippen LogP contribution in [0.3, 0.4) is 0 Å². The first-order valence-electron chi connectivity index (χ1n) is 4.38. The van der Waals surface area contributed by atoms with Crippen LogP contribution >= 0.6 is 34.8 Å². The quantitative estimate of drug-likeness (QED) is 0.642. The summed E-state index contributed by atoms with van der Waals surface area (Å²) in [7, 11) is 1.27. The van der Waals surface area contributed by atoms with Gasteiger partial charge in [0, 0.05) is 19.4 Å². The van der Waals surface area contributed by atoms with Gasteiger partial charge in [-0.05, 0) is 6.07 Å². The van der Waals surface area contributed by atoms with Crippen molar-refractivity contribution in [3.05, 3.63) is 18.5 Å². The van der Waals surface area contributed by atoms with E-state index in [1.165, 1.54) is 19.4 Å². The van der Waals surface area contributed by atoms with Gasteiger partial charge in [0.05, 0.1) is 0 Å². The topological polar surface area (TPSA) is 78.4 Å². The molecule has 9 heteroatoms. The van der Waals surface area contributed by atoms with E-state index in [-0.39, 0.29) is 5.95 Å². The molecule has 1 aromatic heterocycles. The fraction of sp³-hybridized carbons (Fsp3) is 0.375. The Bertz CT molecular complexity index is 384. The number of aromatic nitrogens is 2. The number of urea groups is 1. The lowest BCUT2D eigenvalue weighted by atomic mass is 10.5. The van der Waals surface area contributed by atoms with Gasteiger partial charge in [-0.2, -0.15) is 0 Å². The molecule has 1 aromatic rings. The zero-order valence-corrected chi connectivity index (χ0v) is 10.9. The highest BCUT2D eigenvalue weighted by molar-refractivity contribution is 6.68. The van der Waals surface area contributed by atoms with Gasteiger partial charge in [-0.25, -0.2) is 14.8 Å². The highest BCUT2D eigenvalue weighted by Gasteiger charge is 2.36. The second-order valence-electron chi connectivity index (χ2n) is 3.03. The van der Waals surface area contributed by atoms with Crippen LogP contribution in [-0.2, 0) is 0 Å². The number of hydrogen-bond donors (Lipinski definition) is 2. The Balaban J connectivity index is 2.65. The van der Waals surface area contributed by atoms with Crippen molar-refractivity contribution in [1.82, 2.24) is 14.9 Å². The molecule has 6 nitrogen and oxygen atoms in total. The van der Waals surface area contributed by atoms with Gasteiger partial charge in [0.15, 0.2) is 6.23 Å². The summed E-state index contributed by atoms with van der Waals surface area (Å²) < 4.78 is -2.00. The van der Waals surface area contributed by atoms with Gasteiger partial charge in [-0.3, -0.25) is 10.2 Å². The van der Waals surface area contributed by atoms with Crippen molar-refractivity contribution in [2.45, 2.75) is 10.0 Å². The Kier molecular flexibility index (Phi) is 4.76. The Labute approximate surface area is 113 Å². The number of anilines is 1. The van der Waals surface area contributed by atoms with Crippen LogP contribution in [0.2, 0.25) is 0 Å². The summed E-state index contributed by atoms with van der Waals surface area (Å²) in [6.45, 7) is 0. The van der Waals surface area contributed by atoms with Crippen molar-refractivity contribution < 1.29 is 9.90 Å². The van der Waals surface area contributed by atoms with Crippen molar-refractivity contribution in [3.63, 3.8) is 0 Å². The number of nitrogens with one attached hydrogen (secondary N) is 1. The van der Waals surface area contributed by atoms with Gasteiger partial charge in [0.2, 0.25) is 9.74 Å². The third-order valence-corrected chi connectivity index (χ3v) is 2.35. The van der Waals surface area contributed by atoms with Gasteiger partial charge in [0.25, 0.3) is 0 Å². The molecule has 1 unspecified atom stereocenters. The zero-order chi connectivity index (χ0) is 13.1. The van der Waals surface area contributed by atoms with Crippen LogP contribution < -0.4 is 5.32 Å². The van der Waals surface area contributed by atoms with Crippen LogP contribution in [0.5, 0.6) is 0 Å². The minimum atomic E-state index is -2.00. The maximum Gasteiger partial charge on any atom is 0.326 e. The van der Waals surface area contributed by atoms with E-state index in [9.17, 15) is 9.90 Å². The number of aliphatic hydroxyl groups is 1. The third-order valence-electron chi connectivity index (χ3n) is 1.76. The predicted octanol–water partition coefficient (Wildman–Crippen LogP) is 1.63. The SMILES string of the molecule is CN(C(=O)Nc1ncccn1)C(O)C(Cl)(Cl)Cl. The summed E-state index contributed by atoms with van der Waals surface area (Å²) in [6, 6.07) is 0.894. The number of carbonyl (C=O) groups excluding carboxylic acids is 1. The van der Waals surface area contributed by atoms with Crippen LogP contribution in [0, 0.1) is 0 Å². The standard InChI is InChI=1S/C8H9Cl3N4O2/c1-15(5(16)8(9,10)11)7(17)14-6-12-3-2-4-13-6/h2-5,16H,1H3,(H,12,13,14,17). The number of amides is 2. The van der Waals surface area contributed by atoms with Crippen LogP contribution in [0.25, 0.3) is 0 Å². The van der Waals surface area contributed by atoms with Crippen LogP contribution in [0.15, 0.2) is 18.5 Å². The smallest absolute Gasteiger partial charge is 0.326 e. The molecule has 0 aliphatic heterocycles. The lowest BCUT2D eigenvalue weighted by Crippen LogP contribution is -2.46. The molecule has 1 atom stereocenters. The molecule has 0 radical (unpaired) electrons. The summed E-state index contributed by atoms with van der Waals surface area (Å²) in [5.74, 6) is 0.0841. The Morgan fingerprint density at radius 2 is 2.00 bits per heavy atom. The molecule has 0 aliphatic carbocycles. The first-order valence-corrected chi connectivity index (χ1v) is 5.51. The van der Waals surface area contributed by atoms with E-state index < -0.39 is 16.1 Å². The molecule has 0 spiro atoms. The number of alkyl halides is 3. The molecule has 17 heavy (non-hydrogen) atoms. The van der Waals surface area contributed by atoms with E-state index in [0.717, 1.165) is 4.90 Å². The number of nitrogens with zero attached hydrogens (tertiary/aromatic N) is 3. The lowest BCUT2D eigenvalue weighted by molar-refractivity contribution is 0.0546. The van der Waals surface area contributed by atoms with Crippen LogP contribution in [0.4, 0.5) is 10.7 Å². The van der Waals surface area contributed by atoms with Crippen molar-refractivity contribution in [2.24, 2.45) is 0 Å². The Hall–Kier alpha value is -0.820. The van der Waals surface area contributed by atoms with Gasteiger partial charge in [-0.15, -0.1) is 0 Å². The number of halogens is 3. The summed E-state index contributed by atoms with van der Waals surface area (Å²) in [5.41, 5.74) is 0. The molecule has 0 bridgehead atoms. The molecule has 2 N–H and O–H groups in total. The average Bonchev–Trinajstić information content (AvgIpc) is 2.27.